The lowest BCUT2D eigenvalue weighted by atomic mass is 9.90. The SMILES string of the molecule is Cn1cc([C@H]2CNC[C@@H]2C(=O)Nc2ccc3c(c2)S(=O)(=O)CC3)cn1. The van der Waals surface area contributed by atoms with Crippen LogP contribution in [-0.2, 0) is 28.1 Å². The van der Waals surface area contributed by atoms with E-state index in [1.54, 1.807) is 29.1 Å². The summed E-state index contributed by atoms with van der Waals surface area (Å²) in [5, 5.41) is 10.3. The van der Waals surface area contributed by atoms with E-state index < -0.39 is 9.84 Å². The number of rotatable bonds is 3. The first-order valence-electron chi connectivity index (χ1n) is 8.30. The maximum atomic E-state index is 12.7. The molecule has 1 amide bonds. The molecule has 0 saturated carbocycles. The largest absolute Gasteiger partial charge is 0.326 e. The van der Waals surface area contributed by atoms with Crippen molar-refractivity contribution in [3.05, 3.63) is 41.7 Å². The Kier molecular flexibility index (Phi) is 3.88. The molecule has 2 aliphatic rings. The molecule has 1 saturated heterocycles. The summed E-state index contributed by atoms with van der Waals surface area (Å²) >= 11 is 0. The van der Waals surface area contributed by atoms with Gasteiger partial charge in [-0.1, -0.05) is 6.07 Å². The van der Waals surface area contributed by atoms with Crippen molar-refractivity contribution >= 4 is 21.4 Å². The fourth-order valence-corrected chi connectivity index (χ4v) is 5.24. The van der Waals surface area contributed by atoms with Crippen molar-refractivity contribution in [3.8, 4) is 0 Å². The third kappa shape index (κ3) is 2.96. The van der Waals surface area contributed by atoms with Crippen molar-refractivity contribution < 1.29 is 13.2 Å². The van der Waals surface area contributed by atoms with Crippen molar-refractivity contribution in [1.29, 1.82) is 0 Å². The fraction of sp³-hybridized carbons (Fsp3) is 0.412. The van der Waals surface area contributed by atoms with Crippen molar-refractivity contribution in [1.82, 2.24) is 15.1 Å². The number of amides is 1. The Hall–Kier alpha value is -2.19. The summed E-state index contributed by atoms with van der Waals surface area (Å²) in [5.74, 6) is -0.106. The molecule has 2 aromatic rings. The Morgan fingerprint density at radius 1 is 1.36 bits per heavy atom. The topological polar surface area (TPSA) is 93.1 Å². The number of aromatic nitrogens is 2. The van der Waals surface area contributed by atoms with Crippen LogP contribution in [0.2, 0.25) is 0 Å². The van der Waals surface area contributed by atoms with Gasteiger partial charge in [-0.25, -0.2) is 8.42 Å². The van der Waals surface area contributed by atoms with Crippen LogP contribution in [0.3, 0.4) is 0 Å². The Labute approximate surface area is 146 Å². The highest BCUT2D eigenvalue weighted by molar-refractivity contribution is 7.91. The second kappa shape index (κ2) is 5.96. The van der Waals surface area contributed by atoms with Crippen LogP contribution in [0.4, 0.5) is 5.69 Å². The van der Waals surface area contributed by atoms with Gasteiger partial charge in [-0.3, -0.25) is 9.48 Å². The molecule has 2 aliphatic heterocycles. The fourth-order valence-electron chi connectivity index (χ4n) is 3.65. The molecule has 8 heteroatoms. The minimum atomic E-state index is -3.21. The van der Waals surface area contributed by atoms with Crippen LogP contribution >= 0.6 is 0 Å². The number of hydrogen-bond donors (Lipinski definition) is 2. The van der Waals surface area contributed by atoms with Crippen LogP contribution in [0.1, 0.15) is 17.0 Å². The third-order valence-electron chi connectivity index (χ3n) is 5.01. The van der Waals surface area contributed by atoms with Crippen LogP contribution in [0, 0.1) is 5.92 Å². The number of hydrogen-bond acceptors (Lipinski definition) is 5. The van der Waals surface area contributed by atoms with E-state index in [0.29, 0.717) is 23.5 Å². The summed E-state index contributed by atoms with van der Waals surface area (Å²) in [7, 11) is -1.36. The van der Waals surface area contributed by atoms with Gasteiger partial charge >= 0.3 is 0 Å². The zero-order chi connectivity index (χ0) is 17.6. The smallest absolute Gasteiger partial charge is 0.229 e. The number of fused-ring (bicyclic) bond motifs is 1. The van der Waals surface area contributed by atoms with E-state index in [9.17, 15) is 13.2 Å². The third-order valence-corrected chi connectivity index (χ3v) is 6.81. The number of carbonyl (C=O) groups is 1. The maximum Gasteiger partial charge on any atom is 0.229 e. The molecule has 2 atom stereocenters. The number of carbonyl (C=O) groups excluding carboxylic acids is 1. The molecule has 1 fully saturated rings. The second-order valence-electron chi connectivity index (χ2n) is 6.70. The molecule has 1 aromatic heterocycles. The van der Waals surface area contributed by atoms with Crippen molar-refractivity contribution in [3.63, 3.8) is 0 Å². The quantitative estimate of drug-likeness (QED) is 0.840. The van der Waals surface area contributed by atoms with Gasteiger partial charge in [-0.15, -0.1) is 0 Å². The minimum Gasteiger partial charge on any atom is -0.326 e. The van der Waals surface area contributed by atoms with Crippen molar-refractivity contribution in [2.75, 3.05) is 24.2 Å². The predicted octanol–water partition coefficient (Wildman–Crippen LogP) is 0.692. The predicted molar refractivity (Wildman–Crippen MR) is 93.1 cm³/mol. The summed E-state index contributed by atoms with van der Waals surface area (Å²) in [4.78, 5) is 13.1. The second-order valence-corrected chi connectivity index (χ2v) is 8.78. The van der Waals surface area contributed by atoms with E-state index in [2.05, 4.69) is 15.7 Å². The van der Waals surface area contributed by atoms with E-state index in [1.807, 2.05) is 13.2 Å². The average molecular weight is 360 g/mol. The Bertz CT molecular complexity index is 935. The average Bonchev–Trinajstić information content (AvgIpc) is 3.27. The van der Waals surface area contributed by atoms with Gasteiger partial charge in [0.1, 0.15) is 0 Å². The molecular weight excluding hydrogens is 340 g/mol. The van der Waals surface area contributed by atoms with Gasteiger partial charge in [0.25, 0.3) is 0 Å². The summed E-state index contributed by atoms with van der Waals surface area (Å²) in [6.07, 6.45) is 4.27. The zero-order valence-electron chi connectivity index (χ0n) is 13.9. The van der Waals surface area contributed by atoms with E-state index in [1.165, 1.54) is 0 Å². The van der Waals surface area contributed by atoms with Crippen LogP contribution in [0.15, 0.2) is 35.5 Å². The number of sulfone groups is 1. The summed E-state index contributed by atoms with van der Waals surface area (Å²) in [6.45, 7) is 1.32. The minimum absolute atomic E-state index is 0.0619. The summed E-state index contributed by atoms with van der Waals surface area (Å²) in [6, 6.07) is 5.15. The van der Waals surface area contributed by atoms with Gasteiger partial charge in [-0.05, 0) is 29.7 Å². The van der Waals surface area contributed by atoms with Crippen molar-refractivity contribution in [2.24, 2.45) is 13.0 Å². The summed E-state index contributed by atoms with van der Waals surface area (Å²) in [5.41, 5.74) is 2.39. The molecule has 3 heterocycles. The molecule has 2 N–H and O–H groups in total. The summed E-state index contributed by atoms with van der Waals surface area (Å²) < 4.78 is 25.8. The standard InChI is InChI=1S/C17H20N4O3S/c1-21-10-12(7-19-21)14-8-18-9-15(14)17(22)20-13-3-2-11-4-5-25(23,24)16(11)6-13/h2-3,6-7,10,14-15,18H,4-5,8-9H2,1H3,(H,20,22)/t14-,15+/m1/s1. The number of aryl methyl sites for hydroxylation is 2. The highest BCUT2D eigenvalue weighted by Crippen LogP contribution is 2.31. The molecule has 0 radical (unpaired) electrons. The molecule has 1 aromatic carbocycles. The van der Waals surface area contributed by atoms with Gasteiger partial charge in [0, 0.05) is 37.9 Å². The van der Waals surface area contributed by atoms with E-state index in [4.69, 9.17) is 0 Å². The molecule has 0 aliphatic carbocycles. The zero-order valence-corrected chi connectivity index (χ0v) is 14.7. The Balaban J connectivity index is 1.54. The van der Waals surface area contributed by atoms with Gasteiger partial charge in [0.2, 0.25) is 5.91 Å². The van der Waals surface area contributed by atoms with Gasteiger partial charge in [-0.2, -0.15) is 5.10 Å². The van der Waals surface area contributed by atoms with E-state index in [-0.39, 0.29) is 23.5 Å². The van der Waals surface area contributed by atoms with E-state index in [0.717, 1.165) is 17.7 Å². The van der Waals surface area contributed by atoms with E-state index >= 15 is 0 Å². The maximum absolute atomic E-state index is 12.7. The van der Waals surface area contributed by atoms with Gasteiger partial charge < -0.3 is 10.6 Å². The van der Waals surface area contributed by atoms with Crippen molar-refractivity contribution in [2.45, 2.75) is 17.2 Å². The highest BCUT2D eigenvalue weighted by Gasteiger charge is 2.35. The van der Waals surface area contributed by atoms with Gasteiger partial charge in [0.15, 0.2) is 9.84 Å². The first-order valence-corrected chi connectivity index (χ1v) is 9.95. The van der Waals surface area contributed by atoms with Crippen LogP contribution in [0.5, 0.6) is 0 Å². The molecule has 0 spiro atoms. The highest BCUT2D eigenvalue weighted by atomic mass is 32.2. The monoisotopic (exact) mass is 360 g/mol. The first kappa shape index (κ1) is 16.3. The lowest BCUT2D eigenvalue weighted by Gasteiger charge is -2.17. The number of benzene rings is 1. The lowest BCUT2D eigenvalue weighted by molar-refractivity contribution is -0.119. The number of nitrogens with one attached hydrogen (secondary N) is 2. The normalized spacial score (nSPS) is 24.2. The Morgan fingerprint density at radius 3 is 2.96 bits per heavy atom. The molecule has 0 unspecified atom stereocenters. The molecule has 25 heavy (non-hydrogen) atoms. The molecular formula is C17H20N4O3S. The lowest BCUT2D eigenvalue weighted by Crippen LogP contribution is -2.28. The molecule has 0 bridgehead atoms. The van der Waals surface area contributed by atoms with Crippen LogP contribution in [-0.4, -0.2) is 42.9 Å². The van der Waals surface area contributed by atoms with Gasteiger partial charge in [0.05, 0.1) is 22.8 Å². The first-order chi connectivity index (χ1) is 11.9. The number of nitrogens with zero attached hydrogens (tertiary/aromatic N) is 2. The molecule has 132 valence electrons. The Morgan fingerprint density at radius 2 is 2.20 bits per heavy atom. The van der Waals surface area contributed by atoms with Crippen LogP contribution < -0.4 is 10.6 Å². The van der Waals surface area contributed by atoms with Crippen LogP contribution in [0.25, 0.3) is 0 Å². The number of anilines is 1. The molecule has 4 rings (SSSR count). The molecule has 7 nitrogen and oxygen atoms in total.